The molecule has 0 atom stereocenters. The molecular formula is C25H30F2N4O. The van der Waals surface area contributed by atoms with Crippen LogP contribution in [0.3, 0.4) is 0 Å². The molecule has 1 saturated heterocycles. The van der Waals surface area contributed by atoms with Crippen molar-refractivity contribution >= 4 is 16.8 Å². The first kappa shape index (κ1) is 22.4. The number of amides is 1. The predicted molar refractivity (Wildman–Crippen MR) is 123 cm³/mol. The van der Waals surface area contributed by atoms with Crippen LogP contribution in [0.1, 0.15) is 30.4 Å². The lowest BCUT2D eigenvalue weighted by Gasteiger charge is -2.37. The molecule has 2 aromatic carbocycles. The van der Waals surface area contributed by atoms with E-state index >= 15 is 0 Å². The lowest BCUT2D eigenvalue weighted by Crippen LogP contribution is -2.61. The SMILES string of the molecule is O=C(NCCc1c[nH]c2ccc(F)cc12)C1(NCCCc2ccc(F)cc2)CCNCC1. The van der Waals surface area contributed by atoms with Gasteiger partial charge in [0.25, 0.3) is 0 Å². The number of fused-ring (bicyclic) bond motifs is 1. The molecule has 0 radical (unpaired) electrons. The van der Waals surface area contributed by atoms with Crippen molar-refractivity contribution < 1.29 is 13.6 Å². The Hall–Kier alpha value is -2.77. The normalized spacial score (nSPS) is 15.7. The van der Waals surface area contributed by atoms with E-state index in [9.17, 15) is 13.6 Å². The summed E-state index contributed by atoms with van der Waals surface area (Å²) in [5, 5.41) is 10.8. The first-order chi connectivity index (χ1) is 15.6. The van der Waals surface area contributed by atoms with Gasteiger partial charge in [0.2, 0.25) is 5.91 Å². The molecule has 1 aliphatic rings. The molecule has 4 rings (SSSR count). The number of halogens is 2. The molecule has 170 valence electrons. The zero-order valence-corrected chi connectivity index (χ0v) is 18.1. The first-order valence-electron chi connectivity index (χ1n) is 11.3. The van der Waals surface area contributed by atoms with E-state index in [1.165, 1.54) is 24.3 Å². The van der Waals surface area contributed by atoms with Crippen LogP contribution in [0.25, 0.3) is 10.9 Å². The second-order valence-corrected chi connectivity index (χ2v) is 8.50. The number of piperidine rings is 1. The van der Waals surface area contributed by atoms with Crippen LogP contribution in [0.4, 0.5) is 8.78 Å². The third kappa shape index (κ3) is 5.34. The third-order valence-corrected chi connectivity index (χ3v) is 6.32. The summed E-state index contributed by atoms with van der Waals surface area (Å²) in [6.45, 7) is 2.79. The minimum Gasteiger partial charge on any atom is -0.361 e. The van der Waals surface area contributed by atoms with Gasteiger partial charge in [-0.15, -0.1) is 0 Å². The van der Waals surface area contributed by atoms with E-state index < -0.39 is 5.54 Å². The number of carbonyl (C=O) groups is 1. The second-order valence-electron chi connectivity index (χ2n) is 8.50. The number of aromatic amines is 1. The summed E-state index contributed by atoms with van der Waals surface area (Å²) in [6.07, 6.45) is 5.68. The minimum atomic E-state index is -0.583. The maximum Gasteiger partial charge on any atom is 0.240 e. The molecule has 2 heterocycles. The highest BCUT2D eigenvalue weighted by Gasteiger charge is 2.38. The van der Waals surface area contributed by atoms with Crippen molar-refractivity contribution in [1.82, 2.24) is 20.9 Å². The van der Waals surface area contributed by atoms with Gasteiger partial charge >= 0.3 is 0 Å². The molecule has 3 aromatic rings. The van der Waals surface area contributed by atoms with Gasteiger partial charge in [0, 0.05) is 23.6 Å². The largest absolute Gasteiger partial charge is 0.361 e. The molecule has 0 saturated carbocycles. The van der Waals surface area contributed by atoms with Crippen LogP contribution in [0.5, 0.6) is 0 Å². The van der Waals surface area contributed by atoms with E-state index in [-0.39, 0.29) is 17.5 Å². The molecule has 1 aliphatic heterocycles. The van der Waals surface area contributed by atoms with Gasteiger partial charge in [0.05, 0.1) is 0 Å². The van der Waals surface area contributed by atoms with Gasteiger partial charge in [-0.3, -0.25) is 4.79 Å². The fourth-order valence-electron chi connectivity index (χ4n) is 4.45. The highest BCUT2D eigenvalue weighted by atomic mass is 19.1. The summed E-state index contributed by atoms with van der Waals surface area (Å²) in [4.78, 5) is 16.3. The van der Waals surface area contributed by atoms with E-state index in [0.29, 0.717) is 19.5 Å². The lowest BCUT2D eigenvalue weighted by molar-refractivity contribution is -0.128. The van der Waals surface area contributed by atoms with Gasteiger partial charge in [-0.2, -0.15) is 0 Å². The quantitative estimate of drug-likeness (QED) is 0.385. The van der Waals surface area contributed by atoms with Crippen LogP contribution in [-0.4, -0.2) is 42.6 Å². The Morgan fingerprint density at radius 2 is 1.72 bits per heavy atom. The summed E-state index contributed by atoms with van der Waals surface area (Å²) in [7, 11) is 0. The number of hydrogen-bond donors (Lipinski definition) is 4. The van der Waals surface area contributed by atoms with Crippen molar-refractivity contribution in [1.29, 1.82) is 0 Å². The number of benzene rings is 2. The summed E-state index contributed by atoms with van der Waals surface area (Å²) in [6, 6.07) is 11.3. The summed E-state index contributed by atoms with van der Waals surface area (Å²) in [5.41, 5.74) is 2.39. The van der Waals surface area contributed by atoms with Crippen LogP contribution in [0.15, 0.2) is 48.7 Å². The van der Waals surface area contributed by atoms with E-state index in [1.807, 2.05) is 6.20 Å². The number of rotatable bonds is 9. The Balaban J connectivity index is 1.30. The van der Waals surface area contributed by atoms with E-state index in [1.54, 1.807) is 18.2 Å². The maximum absolute atomic E-state index is 13.6. The Kier molecular flexibility index (Phi) is 7.17. The monoisotopic (exact) mass is 440 g/mol. The maximum atomic E-state index is 13.6. The standard InChI is InChI=1S/C25H30F2N4O/c26-20-5-3-18(4-6-20)2-1-12-31-25(10-14-28-15-11-25)24(32)29-13-9-19-17-30-23-8-7-21(27)16-22(19)23/h3-8,16-17,28,30-31H,1-2,9-15H2,(H,29,32). The predicted octanol–water partition coefficient (Wildman–Crippen LogP) is 3.45. The highest BCUT2D eigenvalue weighted by Crippen LogP contribution is 2.21. The summed E-state index contributed by atoms with van der Waals surface area (Å²) < 4.78 is 26.7. The van der Waals surface area contributed by atoms with Crippen LogP contribution in [0, 0.1) is 11.6 Å². The number of carbonyl (C=O) groups excluding carboxylic acids is 1. The molecule has 7 heteroatoms. The molecule has 0 bridgehead atoms. The minimum absolute atomic E-state index is 0.0202. The van der Waals surface area contributed by atoms with Crippen molar-refractivity contribution in [2.24, 2.45) is 0 Å². The Morgan fingerprint density at radius 3 is 2.50 bits per heavy atom. The molecule has 5 nitrogen and oxygen atoms in total. The van der Waals surface area contributed by atoms with Gasteiger partial charge < -0.3 is 20.9 Å². The topological polar surface area (TPSA) is 69.0 Å². The van der Waals surface area contributed by atoms with Gasteiger partial charge in [-0.05, 0) is 93.2 Å². The van der Waals surface area contributed by atoms with Crippen molar-refractivity contribution in [3.05, 3.63) is 71.4 Å². The van der Waals surface area contributed by atoms with E-state index in [0.717, 1.165) is 60.8 Å². The van der Waals surface area contributed by atoms with Crippen LogP contribution < -0.4 is 16.0 Å². The Labute approximate surface area is 187 Å². The average Bonchev–Trinajstić information content (AvgIpc) is 3.20. The Morgan fingerprint density at radius 1 is 0.969 bits per heavy atom. The fraction of sp³-hybridized carbons (Fsp3) is 0.400. The number of nitrogens with one attached hydrogen (secondary N) is 4. The zero-order valence-electron chi connectivity index (χ0n) is 18.1. The fourth-order valence-corrected chi connectivity index (χ4v) is 4.45. The number of aromatic nitrogens is 1. The second kappa shape index (κ2) is 10.2. The van der Waals surface area contributed by atoms with Crippen molar-refractivity contribution in [3.8, 4) is 0 Å². The van der Waals surface area contributed by atoms with Crippen molar-refractivity contribution in [3.63, 3.8) is 0 Å². The number of H-pyrrole nitrogens is 1. The molecule has 4 N–H and O–H groups in total. The molecular weight excluding hydrogens is 410 g/mol. The van der Waals surface area contributed by atoms with Gasteiger partial charge in [0.15, 0.2) is 0 Å². The smallest absolute Gasteiger partial charge is 0.240 e. The molecule has 0 unspecified atom stereocenters. The third-order valence-electron chi connectivity index (χ3n) is 6.32. The van der Waals surface area contributed by atoms with Crippen LogP contribution in [0.2, 0.25) is 0 Å². The van der Waals surface area contributed by atoms with E-state index in [4.69, 9.17) is 0 Å². The number of hydrogen-bond acceptors (Lipinski definition) is 3. The average molecular weight is 441 g/mol. The number of aryl methyl sites for hydroxylation is 1. The lowest BCUT2D eigenvalue weighted by atomic mass is 9.87. The zero-order chi connectivity index (χ0) is 22.4. The van der Waals surface area contributed by atoms with E-state index in [2.05, 4.69) is 20.9 Å². The van der Waals surface area contributed by atoms with Gasteiger partial charge in [-0.25, -0.2) is 8.78 Å². The summed E-state index contributed by atoms with van der Waals surface area (Å²) >= 11 is 0. The molecule has 0 aliphatic carbocycles. The van der Waals surface area contributed by atoms with Crippen LogP contribution in [-0.2, 0) is 17.6 Å². The highest BCUT2D eigenvalue weighted by molar-refractivity contribution is 5.87. The summed E-state index contributed by atoms with van der Waals surface area (Å²) in [5.74, 6) is -0.470. The molecule has 32 heavy (non-hydrogen) atoms. The molecule has 1 amide bonds. The molecule has 1 aromatic heterocycles. The van der Waals surface area contributed by atoms with Gasteiger partial charge in [0.1, 0.15) is 17.2 Å². The van der Waals surface area contributed by atoms with Crippen LogP contribution >= 0.6 is 0 Å². The van der Waals surface area contributed by atoms with Gasteiger partial charge in [-0.1, -0.05) is 12.1 Å². The van der Waals surface area contributed by atoms with Crippen molar-refractivity contribution in [2.75, 3.05) is 26.2 Å². The molecule has 1 fully saturated rings. The molecule has 0 spiro atoms. The first-order valence-corrected chi connectivity index (χ1v) is 11.3. The Bertz CT molecular complexity index is 1040. The van der Waals surface area contributed by atoms with Crippen molar-refractivity contribution in [2.45, 2.75) is 37.6 Å².